The maximum Gasteiger partial charge on any atom is 0.265 e. The molecule has 54 valence electrons. The summed E-state index contributed by atoms with van der Waals surface area (Å²) in [6, 6.07) is -1.14. The third-order valence-electron chi connectivity index (χ3n) is 0.961. The summed E-state index contributed by atoms with van der Waals surface area (Å²) in [4.78, 5) is 0. The van der Waals surface area contributed by atoms with Crippen LogP contribution in [0.25, 0.3) is 0 Å². The van der Waals surface area contributed by atoms with Crippen molar-refractivity contribution in [3.8, 4) is 0 Å². The molecule has 0 fully saturated rings. The van der Waals surface area contributed by atoms with Gasteiger partial charge in [0.1, 0.15) is 6.04 Å². The molecule has 0 amide bonds. The van der Waals surface area contributed by atoms with Crippen LogP contribution in [-0.2, 0) is 0 Å². The summed E-state index contributed by atoms with van der Waals surface area (Å²) in [6.07, 6.45) is 1.07. The molecule has 0 aliphatic rings. The number of hydrogen-bond donors (Lipinski definition) is 2. The van der Waals surface area contributed by atoms with Crippen LogP contribution in [0.4, 0.5) is 8.78 Å². The highest BCUT2D eigenvalue weighted by Gasteiger charge is 2.30. The van der Waals surface area contributed by atoms with Crippen LogP contribution >= 0.6 is 0 Å². The molecule has 0 heterocycles. The average Bonchev–Trinajstić information content (AvgIpc) is 1.65. The van der Waals surface area contributed by atoms with Crippen molar-refractivity contribution in [2.75, 3.05) is 0 Å². The van der Waals surface area contributed by atoms with Gasteiger partial charge in [-0.25, -0.2) is 14.2 Å². The number of alkyl halides is 2. The van der Waals surface area contributed by atoms with E-state index in [4.69, 9.17) is 5.84 Å². The fourth-order valence-corrected chi connectivity index (χ4v) is 0.421. The molecular formula is C5H10F2N2. The highest BCUT2D eigenvalue weighted by atomic mass is 19.3. The van der Waals surface area contributed by atoms with E-state index in [1.807, 2.05) is 5.43 Å². The molecule has 0 saturated carbocycles. The van der Waals surface area contributed by atoms with Gasteiger partial charge < -0.3 is 0 Å². The smallest absolute Gasteiger partial charge is 0.265 e. The van der Waals surface area contributed by atoms with E-state index < -0.39 is 12.0 Å². The molecule has 0 aromatic rings. The molecule has 3 N–H and O–H groups in total. The van der Waals surface area contributed by atoms with Gasteiger partial charge in [0.05, 0.1) is 0 Å². The molecule has 0 aromatic heterocycles. The second-order valence-corrected chi connectivity index (χ2v) is 1.84. The zero-order chi connectivity index (χ0) is 7.49. The lowest BCUT2D eigenvalue weighted by molar-refractivity contribution is -0.00226. The van der Waals surface area contributed by atoms with Gasteiger partial charge in [0.25, 0.3) is 5.92 Å². The molecule has 2 nitrogen and oxygen atoms in total. The van der Waals surface area contributed by atoms with Gasteiger partial charge in [0, 0.05) is 6.92 Å². The third-order valence-corrected chi connectivity index (χ3v) is 0.961. The number of hydrogen-bond acceptors (Lipinski definition) is 2. The highest BCUT2D eigenvalue weighted by molar-refractivity contribution is 4.92. The first-order valence-corrected chi connectivity index (χ1v) is 2.49. The summed E-state index contributed by atoms with van der Waals surface area (Å²) in [5, 5.41) is 0. The van der Waals surface area contributed by atoms with Crippen molar-refractivity contribution in [2.45, 2.75) is 18.9 Å². The van der Waals surface area contributed by atoms with Gasteiger partial charge in [0.15, 0.2) is 0 Å². The first-order valence-electron chi connectivity index (χ1n) is 2.49. The lowest BCUT2D eigenvalue weighted by atomic mass is 10.2. The first-order chi connectivity index (χ1) is 4.02. The van der Waals surface area contributed by atoms with Crippen molar-refractivity contribution in [1.82, 2.24) is 5.43 Å². The molecule has 0 radical (unpaired) electrons. The molecular weight excluding hydrogens is 126 g/mol. The zero-order valence-corrected chi connectivity index (χ0v) is 5.20. The molecule has 0 bridgehead atoms. The number of nitrogens with two attached hydrogens (primary N) is 1. The molecule has 0 rings (SSSR count). The Morgan fingerprint density at radius 2 is 2.22 bits per heavy atom. The largest absolute Gasteiger partial charge is 0.271 e. The molecule has 0 aromatic carbocycles. The van der Waals surface area contributed by atoms with Crippen molar-refractivity contribution in [3.63, 3.8) is 0 Å². The Kier molecular flexibility index (Phi) is 2.73. The Bertz CT molecular complexity index is 97.6. The van der Waals surface area contributed by atoms with Gasteiger partial charge >= 0.3 is 0 Å². The minimum atomic E-state index is -2.84. The second-order valence-electron chi connectivity index (χ2n) is 1.84. The van der Waals surface area contributed by atoms with E-state index in [1.54, 1.807) is 0 Å². The Labute approximate surface area is 52.7 Å². The van der Waals surface area contributed by atoms with Crippen molar-refractivity contribution in [2.24, 2.45) is 5.84 Å². The van der Waals surface area contributed by atoms with E-state index >= 15 is 0 Å². The van der Waals surface area contributed by atoms with Crippen LogP contribution in [0.3, 0.4) is 0 Å². The van der Waals surface area contributed by atoms with E-state index in [-0.39, 0.29) is 0 Å². The standard InChI is InChI=1S/C5H10F2N2/c1-3-4(9-8)5(2,6)7/h3-4,9H,1,8H2,2H3. The monoisotopic (exact) mass is 136 g/mol. The van der Waals surface area contributed by atoms with Crippen molar-refractivity contribution in [3.05, 3.63) is 12.7 Å². The van der Waals surface area contributed by atoms with E-state index in [9.17, 15) is 8.78 Å². The van der Waals surface area contributed by atoms with Crippen LogP contribution in [0.15, 0.2) is 12.7 Å². The summed E-state index contributed by atoms with van der Waals surface area (Å²) in [6.45, 7) is 3.95. The first kappa shape index (κ1) is 8.52. The minimum Gasteiger partial charge on any atom is -0.271 e. The zero-order valence-electron chi connectivity index (χ0n) is 5.20. The molecule has 4 heteroatoms. The second kappa shape index (κ2) is 2.89. The molecule has 0 saturated heterocycles. The number of rotatable bonds is 3. The van der Waals surface area contributed by atoms with E-state index in [0.717, 1.165) is 13.0 Å². The summed E-state index contributed by atoms with van der Waals surface area (Å²) in [7, 11) is 0. The predicted molar refractivity (Wildman–Crippen MR) is 31.9 cm³/mol. The van der Waals surface area contributed by atoms with Crippen molar-refractivity contribution in [1.29, 1.82) is 0 Å². The Morgan fingerprint density at radius 1 is 1.78 bits per heavy atom. The molecule has 0 spiro atoms. The Balaban J connectivity index is 3.94. The van der Waals surface area contributed by atoms with Gasteiger partial charge in [-0.15, -0.1) is 6.58 Å². The summed E-state index contributed by atoms with van der Waals surface area (Å²) < 4.78 is 24.3. The molecule has 0 aliphatic carbocycles. The summed E-state index contributed by atoms with van der Waals surface area (Å²) in [5.74, 6) is 1.93. The topological polar surface area (TPSA) is 38.0 Å². The Hall–Kier alpha value is -0.480. The number of hydrazine groups is 1. The van der Waals surface area contributed by atoms with Crippen molar-refractivity contribution >= 4 is 0 Å². The maximum atomic E-state index is 12.2. The van der Waals surface area contributed by atoms with Crippen LogP contribution < -0.4 is 11.3 Å². The van der Waals surface area contributed by atoms with Crippen LogP contribution in [0.1, 0.15) is 6.92 Å². The van der Waals surface area contributed by atoms with Gasteiger partial charge in [-0.05, 0) is 0 Å². The fraction of sp³-hybridized carbons (Fsp3) is 0.600. The van der Waals surface area contributed by atoms with E-state index in [1.165, 1.54) is 0 Å². The van der Waals surface area contributed by atoms with Crippen LogP contribution in [0.5, 0.6) is 0 Å². The third kappa shape index (κ3) is 2.53. The fourth-order valence-electron chi connectivity index (χ4n) is 0.421. The predicted octanol–water partition coefficient (Wildman–Crippen LogP) is 0.659. The average molecular weight is 136 g/mol. The maximum absolute atomic E-state index is 12.2. The lowest BCUT2D eigenvalue weighted by Crippen LogP contribution is -2.45. The number of halogens is 2. The molecule has 0 aliphatic heterocycles. The Morgan fingerprint density at radius 3 is 2.22 bits per heavy atom. The molecule has 9 heavy (non-hydrogen) atoms. The van der Waals surface area contributed by atoms with Crippen LogP contribution in [-0.4, -0.2) is 12.0 Å². The summed E-state index contributed by atoms with van der Waals surface area (Å²) in [5.41, 5.74) is 1.92. The normalized spacial score (nSPS) is 15.1. The lowest BCUT2D eigenvalue weighted by Gasteiger charge is -2.18. The van der Waals surface area contributed by atoms with E-state index in [0.29, 0.717) is 0 Å². The van der Waals surface area contributed by atoms with Crippen LogP contribution in [0, 0.1) is 0 Å². The number of nitrogens with one attached hydrogen (secondary N) is 1. The minimum absolute atomic E-state index is 0.777. The SMILES string of the molecule is C=CC(NN)C(C)(F)F. The highest BCUT2D eigenvalue weighted by Crippen LogP contribution is 2.16. The van der Waals surface area contributed by atoms with Crippen LogP contribution in [0.2, 0.25) is 0 Å². The van der Waals surface area contributed by atoms with Gasteiger partial charge in [0.2, 0.25) is 0 Å². The van der Waals surface area contributed by atoms with Crippen molar-refractivity contribution < 1.29 is 8.78 Å². The van der Waals surface area contributed by atoms with Gasteiger partial charge in [-0.2, -0.15) is 0 Å². The quantitative estimate of drug-likeness (QED) is 0.340. The summed E-state index contributed by atoms with van der Waals surface area (Å²) >= 11 is 0. The molecule has 1 atom stereocenters. The molecule has 1 unspecified atom stereocenters. The van der Waals surface area contributed by atoms with Gasteiger partial charge in [-0.1, -0.05) is 6.08 Å². The van der Waals surface area contributed by atoms with Gasteiger partial charge in [-0.3, -0.25) is 5.84 Å². The van der Waals surface area contributed by atoms with E-state index in [2.05, 4.69) is 6.58 Å².